The average Bonchev–Trinajstić information content (AvgIpc) is 3.86. The SMILES string of the molecule is c1ccc(-c2cccc(-c3ccc(-n4c5ccccc5c5ccc6c(c7ccccc7n6-c6cccc7c6oc6ccccc67)c54)cc3)c2)cc1. The Balaban J connectivity index is 1.16. The second kappa shape index (κ2) is 10.8. The maximum Gasteiger partial charge on any atom is 0.159 e. The normalized spacial score (nSPS) is 11.9. The monoisotopic (exact) mass is 650 g/mol. The van der Waals surface area contributed by atoms with Gasteiger partial charge in [0.05, 0.1) is 27.8 Å². The summed E-state index contributed by atoms with van der Waals surface area (Å²) in [5.41, 5.74) is 13.5. The van der Waals surface area contributed by atoms with Crippen molar-refractivity contribution in [1.29, 1.82) is 0 Å². The Labute approximate surface area is 293 Å². The van der Waals surface area contributed by atoms with Crippen LogP contribution in [0.2, 0.25) is 0 Å². The number of hydrogen-bond acceptors (Lipinski definition) is 1. The second-order valence-corrected chi connectivity index (χ2v) is 13.3. The smallest absolute Gasteiger partial charge is 0.159 e. The number of para-hydroxylation sites is 4. The van der Waals surface area contributed by atoms with Gasteiger partial charge in [-0.1, -0.05) is 133 Å². The summed E-state index contributed by atoms with van der Waals surface area (Å²) in [6.45, 7) is 0. The molecule has 0 radical (unpaired) electrons. The third-order valence-electron chi connectivity index (χ3n) is 10.5. The fourth-order valence-corrected chi connectivity index (χ4v) is 8.26. The Morgan fingerprint density at radius 2 is 0.961 bits per heavy atom. The van der Waals surface area contributed by atoms with Crippen LogP contribution >= 0.6 is 0 Å². The lowest BCUT2D eigenvalue weighted by Crippen LogP contribution is -1.96. The largest absolute Gasteiger partial charge is 0.454 e. The van der Waals surface area contributed by atoms with Crippen molar-refractivity contribution in [3.05, 3.63) is 182 Å². The maximum absolute atomic E-state index is 6.59. The number of aromatic nitrogens is 2. The van der Waals surface area contributed by atoms with E-state index in [4.69, 9.17) is 4.42 Å². The van der Waals surface area contributed by atoms with Gasteiger partial charge < -0.3 is 13.6 Å². The van der Waals surface area contributed by atoms with Crippen molar-refractivity contribution in [1.82, 2.24) is 9.13 Å². The molecule has 0 atom stereocenters. The zero-order chi connectivity index (χ0) is 33.5. The minimum absolute atomic E-state index is 0.897. The molecular formula is C48H30N2O. The molecule has 0 amide bonds. The summed E-state index contributed by atoms with van der Waals surface area (Å²) < 4.78 is 11.4. The van der Waals surface area contributed by atoms with E-state index in [1.165, 1.54) is 54.8 Å². The van der Waals surface area contributed by atoms with Crippen molar-refractivity contribution < 1.29 is 4.42 Å². The van der Waals surface area contributed by atoms with Crippen molar-refractivity contribution in [2.45, 2.75) is 0 Å². The zero-order valence-electron chi connectivity index (χ0n) is 27.6. The average molecular weight is 651 g/mol. The molecule has 0 bridgehead atoms. The van der Waals surface area contributed by atoms with Gasteiger partial charge in [-0.25, -0.2) is 0 Å². The summed E-state index contributed by atoms with van der Waals surface area (Å²) >= 11 is 0. The van der Waals surface area contributed by atoms with Crippen molar-refractivity contribution in [3.63, 3.8) is 0 Å². The summed E-state index contributed by atoms with van der Waals surface area (Å²) in [6.07, 6.45) is 0. The van der Waals surface area contributed by atoms with E-state index in [0.717, 1.165) is 44.3 Å². The summed E-state index contributed by atoms with van der Waals surface area (Å²) in [6, 6.07) is 65.4. The molecule has 0 aliphatic rings. The first-order valence-corrected chi connectivity index (χ1v) is 17.4. The molecular weight excluding hydrogens is 621 g/mol. The van der Waals surface area contributed by atoms with Crippen molar-refractivity contribution in [2.75, 3.05) is 0 Å². The van der Waals surface area contributed by atoms with Crippen LogP contribution in [0.25, 0.3) is 99.2 Å². The summed E-state index contributed by atoms with van der Waals surface area (Å²) in [7, 11) is 0. The fraction of sp³-hybridized carbons (Fsp3) is 0. The summed E-state index contributed by atoms with van der Waals surface area (Å²) in [5.74, 6) is 0. The van der Waals surface area contributed by atoms with Gasteiger partial charge in [-0.05, 0) is 70.8 Å². The van der Waals surface area contributed by atoms with Crippen LogP contribution in [-0.4, -0.2) is 9.13 Å². The third kappa shape index (κ3) is 4.12. The van der Waals surface area contributed by atoms with E-state index in [9.17, 15) is 0 Å². The van der Waals surface area contributed by atoms with Gasteiger partial charge in [0.1, 0.15) is 5.58 Å². The van der Waals surface area contributed by atoms with E-state index in [0.29, 0.717) is 0 Å². The van der Waals surface area contributed by atoms with E-state index < -0.39 is 0 Å². The van der Waals surface area contributed by atoms with Gasteiger partial charge in [-0.15, -0.1) is 0 Å². The first-order chi connectivity index (χ1) is 25.3. The summed E-state index contributed by atoms with van der Waals surface area (Å²) in [4.78, 5) is 0. The molecule has 0 saturated heterocycles. The third-order valence-corrected chi connectivity index (χ3v) is 10.5. The molecule has 0 aliphatic heterocycles. The van der Waals surface area contributed by atoms with Crippen molar-refractivity contribution in [2.24, 2.45) is 0 Å². The van der Waals surface area contributed by atoms with Crippen LogP contribution in [0.15, 0.2) is 186 Å². The van der Waals surface area contributed by atoms with Crippen LogP contribution in [-0.2, 0) is 0 Å². The molecule has 3 nitrogen and oxygen atoms in total. The Hall–Kier alpha value is -6.84. The topological polar surface area (TPSA) is 23.0 Å². The number of furan rings is 1. The molecule has 3 aromatic heterocycles. The Kier molecular flexibility index (Phi) is 5.96. The molecule has 11 rings (SSSR count). The number of hydrogen-bond donors (Lipinski definition) is 0. The van der Waals surface area contributed by atoms with Gasteiger partial charge in [0.25, 0.3) is 0 Å². The van der Waals surface area contributed by atoms with E-state index in [-0.39, 0.29) is 0 Å². The fourth-order valence-electron chi connectivity index (χ4n) is 8.26. The lowest BCUT2D eigenvalue weighted by Gasteiger charge is -2.12. The molecule has 238 valence electrons. The summed E-state index contributed by atoms with van der Waals surface area (Å²) in [5, 5.41) is 7.18. The van der Waals surface area contributed by atoms with Crippen LogP contribution < -0.4 is 0 Å². The molecule has 0 unspecified atom stereocenters. The van der Waals surface area contributed by atoms with E-state index in [1.807, 2.05) is 6.07 Å². The standard InChI is InChI=1S/C48H30N2O/c1-2-12-31(13-3-1)33-14-10-15-34(30-33)32-24-26-35(27-25-32)49-41-20-7-4-16-36(41)38-28-29-43-46(47(38)49)40-18-5-8-21-42(40)50(43)44-22-11-19-39-37-17-6-9-23-45(37)51-48(39)44/h1-30H. The van der Waals surface area contributed by atoms with Gasteiger partial charge in [-0.3, -0.25) is 0 Å². The number of nitrogens with zero attached hydrogens (tertiary/aromatic N) is 2. The number of rotatable bonds is 4. The van der Waals surface area contributed by atoms with Gasteiger partial charge in [-0.2, -0.15) is 0 Å². The Bertz CT molecular complexity index is 3120. The lowest BCUT2D eigenvalue weighted by molar-refractivity contribution is 0.666. The number of fused-ring (bicyclic) bond motifs is 10. The van der Waals surface area contributed by atoms with Gasteiger partial charge in [0.15, 0.2) is 5.58 Å². The predicted molar refractivity (Wildman–Crippen MR) is 213 cm³/mol. The van der Waals surface area contributed by atoms with Crippen LogP contribution in [0.1, 0.15) is 0 Å². The first-order valence-electron chi connectivity index (χ1n) is 17.4. The molecule has 0 fully saturated rings. The highest BCUT2D eigenvalue weighted by Gasteiger charge is 2.22. The second-order valence-electron chi connectivity index (χ2n) is 13.3. The van der Waals surface area contributed by atoms with Crippen LogP contribution in [0.3, 0.4) is 0 Å². The van der Waals surface area contributed by atoms with Gasteiger partial charge in [0, 0.05) is 38.0 Å². The quantitative estimate of drug-likeness (QED) is 0.186. The Morgan fingerprint density at radius 1 is 0.353 bits per heavy atom. The molecule has 8 aromatic carbocycles. The maximum atomic E-state index is 6.59. The van der Waals surface area contributed by atoms with Crippen LogP contribution in [0.5, 0.6) is 0 Å². The highest BCUT2D eigenvalue weighted by Crippen LogP contribution is 2.43. The van der Waals surface area contributed by atoms with Gasteiger partial charge in [0.2, 0.25) is 0 Å². The zero-order valence-corrected chi connectivity index (χ0v) is 27.6. The molecule has 0 aliphatic carbocycles. The lowest BCUT2D eigenvalue weighted by atomic mass is 9.99. The van der Waals surface area contributed by atoms with E-state index >= 15 is 0 Å². The molecule has 51 heavy (non-hydrogen) atoms. The molecule has 0 N–H and O–H groups in total. The van der Waals surface area contributed by atoms with Crippen molar-refractivity contribution in [3.8, 4) is 33.6 Å². The molecule has 3 heterocycles. The first kappa shape index (κ1) is 28.0. The predicted octanol–water partition coefficient (Wildman–Crippen LogP) is 13.1. The molecule has 0 spiro atoms. The van der Waals surface area contributed by atoms with E-state index in [2.05, 4.69) is 185 Å². The highest BCUT2D eigenvalue weighted by molar-refractivity contribution is 6.26. The minimum atomic E-state index is 0.897. The highest BCUT2D eigenvalue weighted by atomic mass is 16.3. The van der Waals surface area contributed by atoms with Crippen molar-refractivity contribution >= 4 is 65.6 Å². The van der Waals surface area contributed by atoms with Crippen LogP contribution in [0, 0.1) is 0 Å². The minimum Gasteiger partial charge on any atom is -0.454 e. The molecule has 11 aromatic rings. The Morgan fingerprint density at radius 3 is 1.76 bits per heavy atom. The van der Waals surface area contributed by atoms with Crippen LogP contribution in [0.4, 0.5) is 0 Å². The number of benzene rings is 8. The molecule has 3 heteroatoms. The van der Waals surface area contributed by atoms with E-state index in [1.54, 1.807) is 0 Å². The van der Waals surface area contributed by atoms with Gasteiger partial charge >= 0.3 is 0 Å². The molecule has 0 saturated carbocycles.